The van der Waals surface area contributed by atoms with Gasteiger partial charge in [-0.1, -0.05) is 6.92 Å². The van der Waals surface area contributed by atoms with Crippen molar-refractivity contribution in [3.8, 4) is 0 Å². The van der Waals surface area contributed by atoms with Gasteiger partial charge in [-0.05, 0) is 13.3 Å². The van der Waals surface area contributed by atoms with Crippen LogP contribution in [0.15, 0.2) is 0 Å². The minimum Gasteiger partial charge on any atom is -0.329 e. The Morgan fingerprint density at radius 1 is 1.25 bits per heavy atom. The van der Waals surface area contributed by atoms with Crippen LogP contribution in [-0.2, 0) is 10.0 Å². The summed E-state index contributed by atoms with van der Waals surface area (Å²) in [6.45, 7) is 7.39. The first kappa shape index (κ1) is 13.9. The zero-order valence-electron chi connectivity index (χ0n) is 10.2. The predicted molar refractivity (Wildman–Crippen MR) is 65.7 cm³/mol. The van der Waals surface area contributed by atoms with Gasteiger partial charge in [-0.3, -0.25) is 4.90 Å². The highest BCUT2D eigenvalue weighted by Crippen LogP contribution is 2.10. The predicted octanol–water partition coefficient (Wildman–Crippen LogP) is -0.309. The lowest BCUT2D eigenvalue weighted by molar-refractivity contribution is 0.149. The van der Waals surface area contributed by atoms with Gasteiger partial charge in [0.15, 0.2) is 0 Å². The van der Waals surface area contributed by atoms with E-state index in [0.717, 1.165) is 13.1 Å². The molecule has 1 unspecified atom stereocenters. The molecule has 0 amide bonds. The Balaban J connectivity index is 2.49. The molecule has 0 radical (unpaired) electrons. The van der Waals surface area contributed by atoms with Crippen LogP contribution in [0.5, 0.6) is 0 Å². The highest BCUT2D eigenvalue weighted by molar-refractivity contribution is 7.89. The highest BCUT2D eigenvalue weighted by atomic mass is 32.2. The second-order valence-corrected chi connectivity index (χ2v) is 6.42. The number of hydrogen-bond acceptors (Lipinski definition) is 4. The van der Waals surface area contributed by atoms with Crippen LogP contribution in [0.2, 0.25) is 0 Å². The van der Waals surface area contributed by atoms with Gasteiger partial charge in [0.25, 0.3) is 0 Å². The van der Waals surface area contributed by atoms with Crippen molar-refractivity contribution in [2.24, 2.45) is 5.73 Å². The average Bonchev–Trinajstić information content (AvgIpc) is 2.28. The summed E-state index contributed by atoms with van der Waals surface area (Å²) in [7, 11) is -3.01. The third-order valence-corrected chi connectivity index (χ3v) is 5.17. The smallest absolute Gasteiger partial charge is 0.214 e. The zero-order valence-corrected chi connectivity index (χ0v) is 11.0. The summed E-state index contributed by atoms with van der Waals surface area (Å²) in [5, 5.41) is 0. The summed E-state index contributed by atoms with van der Waals surface area (Å²) in [6.07, 6.45) is 0.682. The molecule has 1 rings (SSSR count). The molecule has 1 aliphatic heterocycles. The zero-order chi connectivity index (χ0) is 12.2. The van der Waals surface area contributed by atoms with Crippen LogP contribution in [0, 0.1) is 0 Å². The molecule has 96 valence electrons. The van der Waals surface area contributed by atoms with E-state index in [1.54, 1.807) is 4.31 Å². The van der Waals surface area contributed by atoms with Crippen molar-refractivity contribution < 1.29 is 8.42 Å². The first-order valence-electron chi connectivity index (χ1n) is 5.93. The van der Waals surface area contributed by atoms with Gasteiger partial charge in [0.05, 0.1) is 5.75 Å². The SMILES string of the molecule is CCCS(=O)(=O)N1CCN(C(C)CN)CC1. The minimum atomic E-state index is -3.01. The molecular formula is C10H23N3O2S. The number of sulfonamides is 1. The topological polar surface area (TPSA) is 66.6 Å². The molecule has 6 heteroatoms. The molecular weight excluding hydrogens is 226 g/mol. The van der Waals surface area contributed by atoms with E-state index >= 15 is 0 Å². The Bertz CT molecular complexity index is 297. The van der Waals surface area contributed by atoms with Gasteiger partial charge in [-0.2, -0.15) is 4.31 Å². The van der Waals surface area contributed by atoms with E-state index in [1.807, 2.05) is 6.92 Å². The summed E-state index contributed by atoms with van der Waals surface area (Å²) in [6, 6.07) is 0.344. The lowest BCUT2D eigenvalue weighted by Gasteiger charge is -2.37. The van der Waals surface area contributed by atoms with Gasteiger partial charge in [0.1, 0.15) is 0 Å². The molecule has 1 aliphatic rings. The van der Waals surface area contributed by atoms with E-state index < -0.39 is 10.0 Å². The van der Waals surface area contributed by atoms with Gasteiger partial charge in [0.2, 0.25) is 10.0 Å². The average molecular weight is 249 g/mol. The quantitative estimate of drug-likeness (QED) is 0.726. The molecule has 5 nitrogen and oxygen atoms in total. The van der Waals surface area contributed by atoms with Crippen LogP contribution >= 0.6 is 0 Å². The molecule has 1 atom stereocenters. The normalized spacial score (nSPS) is 22.2. The minimum absolute atomic E-state index is 0.263. The maximum atomic E-state index is 11.8. The molecule has 0 aromatic carbocycles. The second kappa shape index (κ2) is 5.95. The van der Waals surface area contributed by atoms with Gasteiger partial charge in [-0.15, -0.1) is 0 Å². The Morgan fingerprint density at radius 2 is 1.81 bits per heavy atom. The Labute approximate surface area is 98.6 Å². The van der Waals surface area contributed by atoms with Crippen LogP contribution in [0.25, 0.3) is 0 Å². The third kappa shape index (κ3) is 3.41. The summed E-state index contributed by atoms with van der Waals surface area (Å²) in [5.41, 5.74) is 5.60. The van der Waals surface area contributed by atoms with Crippen LogP contribution in [0.4, 0.5) is 0 Å². The monoisotopic (exact) mass is 249 g/mol. The fourth-order valence-corrected chi connectivity index (χ4v) is 3.45. The summed E-state index contributed by atoms with van der Waals surface area (Å²) in [4.78, 5) is 2.25. The fourth-order valence-electron chi connectivity index (χ4n) is 1.96. The first-order chi connectivity index (χ1) is 7.51. The van der Waals surface area contributed by atoms with E-state index in [-0.39, 0.29) is 5.75 Å². The number of rotatable bonds is 5. The van der Waals surface area contributed by atoms with Gasteiger partial charge in [0, 0.05) is 38.8 Å². The lowest BCUT2D eigenvalue weighted by atomic mass is 10.2. The van der Waals surface area contributed by atoms with Crippen molar-refractivity contribution in [1.82, 2.24) is 9.21 Å². The molecule has 0 spiro atoms. The van der Waals surface area contributed by atoms with Crippen molar-refractivity contribution in [2.45, 2.75) is 26.3 Å². The van der Waals surface area contributed by atoms with Crippen molar-refractivity contribution in [3.05, 3.63) is 0 Å². The van der Waals surface area contributed by atoms with Crippen molar-refractivity contribution >= 4 is 10.0 Å². The van der Waals surface area contributed by atoms with Crippen LogP contribution in [0.3, 0.4) is 0 Å². The van der Waals surface area contributed by atoms with E-state index in [9.17, 15) is 8.42 Å². The molecule has 2 N–H and O–H groups in total. The van der Waals surface area contributed by atoms with Crippen LogP contribution in [-0.4, -0.2) is 62.1 Å². The van der Waals surface area contributed by atoms with Crippen LogP contribution in [0.1, 0.15) is 20.3 Å². The van der Waals surface area contributed by atoms with E-state index in [0.29, 0.717) is 32.1 Å². The Kier molecular flexibility index (Phi) is 5.17. The number of hydrogen-bond donors (Lipinski definition) is 1. The van der Waals surface area contributed by atoms with Crippen molar-refractivity contribution in [2.75, 3.05) is 38.5 Å². The second-order valence-electron chi connectivity index (χ2n) is 4.34. The third-order valence-electron chi connectivity index (χ3n) is 3.09. The van der Waals surface area contributed by atoms with Crippen molar-refractivity contribution in [3.63, 3.8) is 0 Å². The molecule has 0 aliphatic carbocycles. The summed E-state index contributed by atoms with van der Waals surface area (Å²) < 4.78 is 25.2. The molecule has 1 heterocycles. The van der Waals surface area contributed by atoms with Crippen molar-refractivity contribution in [1.29, 1.82) is 0 Å². The lowest BCUT2D eigenvalue weighted by Crippen LogP contribution is -2.53. The fraction of sp³-hybridized carbons (Fsp3) is 1.00. The standard InChI is InChI=1S/C10H23N3O2S/c1-3-8-16(14,15)13-6-4-12(5-7-13)10(2)9-11/h10H,3-9,11H2,1-2H3. The molecule has 16 heavy (non-hydrogen) atoms. The Morgan fingerprint density at radius 3 is 2.25 bits per heavy atom. The molecule has 0 aromatic heterocycles. The maximum absolute atomic E-state index is 11.8. The number of nitrogens with two attached hydrogens (primary N) is 1. The highest BCUT2D eigenvalue weighted by Gasteiger charge is 2.27. The van der Waals surface area contributed by atoms with E-state index in [4.69, 9.17) is 5.73 Å². The molecule has 0 aromatic rings. The molecule has 0 saturated carbocycles. The summed E-state index contributed by atoms with van der Waals surface area (Å²) in [5.74, 6) is 0.263. The van der Waals surface area contributed by atoms with Gasteiger partial charge in [-0.25, -0.2) is 8.42 Å². The Hall–Kier alpha value is -0.170. The van der Waals surface area contributed by atoms with Gasteiger partial charge < -0.3 is 5.73 Å². The maximum Gasteiger partial charge on any atom is 0.214 e. The molecule has 1 fully saturated rings. The van der Waals surface area contributed by atoms with E-state index in [2.05, 4.69) is 11.8 Å². The van der Waals surface area contributed by atoms with E-state index in [1.165, 1.54) is 0 Å². The van der Waals surface area contributed by atoms with Crippen LogP contribution < -0.4 is 5.73 Å². The largest absolute Gasteiger partial charge is 0.329 e. The van der Waals surface area contributed by atoms with Gasteiger partial charge >= 0.3 is 0 Å². The molecule has 0 bridgehead atoms. The number of nitrogens with zero attached hydrogens (tertiary/aromatic N) is 2. The molecule has 1 saturated heterocycles. The number of piperazine rings is 1. The summed E-state index contributed by atoms with van der Waals surface area (Å²) >= 11 is 0. The first-order valence-corrected chi connectivity index (χ1v) is 7.54.